The lowest BCUT2D eigenvalue weighted by Crippen LogP contribution is -2.46. The number of aliphatic hydroxyl groups excluding tert-OH is 1. The molecule has 2 amide bonds. The van der Waals surface area contributed by atoms with Crippen molar-refractivity contribution in [2.24, 2.45) is 0 Å². The topological polar surface area (TPSA) is 69.6 Å². The Morgan fingerprint density at radius 3 is 2.32 bits per heavy atom. The number of amides is 2. The molecule has 122 valence electrons. The summed E-state index contributed by atoms with van der Waals surface area (Å²) in [5, 5.41) is 13.4. The van der Waals surface area contributed by atoms with Crippen LogP contribution in [-0.2, 0) is 9.59 Å². The molecule has 1 rings (SSSR count). The van der Waals surface area contributed by atoms with Gasteiger partial charge in [-0.15, -0.1) is 0 Å². The largest absolute Gasteiger partial charge is 0.388 e. The zero-order chi connectivity index (χ0) is 16.9. The second kappa shape index (κ2) is 7.61. The summed E-state index contributed by atoms with van der Waals surface area (Å²) in [5.74, 6) is -0.532. The molecule has 5 nitrogen and oxygen atoms in total. The Morgan fingerprint density at radius 2 is 1.82 bits per heavy atom. The number of hydrogen-bond donors (Lipinski definition) is 2. The highest BCUT2D eigenvalue weighted by Gasteiger charge is 2.20. The second-order valence-corrected chi connectivity index (χ2v) is 6.76. The summed E-state index contributed by atoms with van der Waals surface area (Å²) < 4.78 is 0. The number of nitrogens with one attached hydrogen (secondary N) is 1. The molecule has 1 aromatic rings. The fourth-order valence-corrected chi connectivity index (χ4v) is 2.01. The van der Waals surface area contributed by atoms with Gasteiger partial charge in [0.25, 0.3) is 0 Å². The number of aliphatic hydroxyl groups is 1. The van der Waals surface area contributed by atoms with Gasteiger partial charge in [0, 0.05) is 17.6 Å². The van der Waals surface area contributed by atoms with Gasteiger partial charge < -0.3 is 15.3 Å². The second-order valence-electron chi connectivity index (χ2n) is 6.32. The fraction of sp³-hybridized carbons (Fsp3) is 0.500. The average Bonchev–Trinajstić information content (AvgIpc) is 2.36. The van der Waals surface area contributed by atoms with Crippen molar-refractivity contribution >= 4 is 23.4 Å². The van der Waals surface area contributed by atoms with Crippen molar-refractivity contribution in [1.82, 2.24) is 10.2 Å². The summed E-state index contributed by atoms with van der Waals surface area (Å²) in [6.45, 7) is 5.58. The molecule has 1 atom stereocenters. The van der Waals surface area contributed by atoms with Crippen LogP contribution in [0.15, 0.2) is 24.3 Å². The maximum atomic E-state index is 12.1. The van der Waals surface area contributed by atoms with E-state index in [9.17, 15) is 14.7 Å². The minimum atomic E-state index is -0.919. The number of carbonyl (C=O) groups excluding carboxylic acids is 2. The van der Waals surface area contributed by atoms with Crippen LogP contribution in [0.4, 0.5) is 0 Å². The highest BCUT2D eigenvalue weighted by Crippen LogP contribution is 2.19. The van der Waals surface area contributed by atoms with Gasteiger partial charge >= 0.3 is 0 Å². The van der Waals surface area contributed by atoms with Crippen LogP contribution in [-0.4, -0.2) is 41.0 Å². The van der Waals surface area contributed by atoms with Crippen LogP contribution in [0.2, 0.25) is 5.02 Å². The monoisotopic (exact) mass is 326 g/mol. The molecule has 0 bridgehead atoms. The maximum Gasteiger partial charge on any atom is 0.240 e. The van der Waals surface area contributed by atoms with E-state index in [0.717, 1.165) is 0 Å². The Labute approximate surface area is 136 Å². The highest BCUT2D eigenvalue weighted by atomic mass is 35.5. The van der Waals surface area contributed by atoms with Crippen LogP contribution in [0, 0.1) is 0 Å². The summed E-state index contributed by atoms with van der Waals surface area (Å²) in [4.78, 5) is 25.1. The molecule has 0 fully saturated rings. The predicted molar refractivity (Wildman–Crippen MR) is 86.6 cm³/mol. The Bertz CT molecular complexity index is 523. The number of rotatable bonds is 5. The van der Waals surface area contributed by atoms with Crippen molar-refractivity contribution in [3.63, 3.8) is 0 Å². The molecule has 22 heavy (non-hydrogen) atoms. The Balaban J connectivity index is 2.53. The van der Waals surface area contributed by atoms with E-state index in [-0.39, 0.29) is 30.3 Å². The quantitative estimate of drug-likeness (QED) is 0.871. The van der Waals surface area contributed by atoms with Gasteiger partial charge in [-0.1, -0.05) is 23.7 Å². The summed E-state index contributed by atoms with van der Waals surface area (Å²) >= 11 is 5.78. The van der Waals surface area contributed by atoms with Gasteiger partial charge in [-0.2, -0.15) is 0 Å². The molecule has 6 heteroatoms. The minimum absolute atomic E-state index is 0.0383. The van der Waals surface area contributed by atoms with E-state index in [4.69, 9.17) is 11.6 Å². The number of nitrogens with zero attached hydrogens (tertiary/aromatic N) is 1. The van der Waals surface area contributed by atoms with Gasteiger partial charge in [-0.25, -0.2) is 0 Å². The smallest absolute Gasteiger partial charge is 0.240 e. The molecular formula is C16H23ClN2O3. The van der Waals surface area contributed by atoms with E-state index in [1.165, 1.54) is 4.90 Å². The Morgan fingerprint density at radius 1 is 1.27 bits per heavy atom. The van der Waals surface area contributed by atoms with Crippen LogP contribution in [0.3, 0.4) is 0 Å². The number of halogens is 1. The summed E-state index contributed by atoms with van der Waals surface area (Å²) in [7, 11) is 1.54. The predicted octanol–water partition coefficient (Wildman–Crippen LogP) is 2.14. The highest BCUT2D eigenvalue weighted by molar-refractivity contribution is 6.30. The van der Waals surface area contributed by atoms with Crippen molar-refractivity contribution in [2.75, 3.05) is 13.6 Å². The number of hydrogen-bond acceptors (Lipinski definition) is 3. The fourth-order valence-electron chi connectivity index (χ4n) is 1.89. The van der Waals surface area contributed by atoms with Crippen molar-refractivity contribution in [2.45, 2.75) is 38.8 Å². The third kappa shape index (κ3) is 6.45. The van der Waals surface area contributed by atoms with Gasteiger partial charge in [-0.3, -0.25) is 9.59 Å². The number of benzene rings is 1. The summed E-state index contributed by atoms with van der Waals surface area (Å²) in [6.07, 6.45) is -1.00. The first-order chi connectivity index (χ1) is 10.1. The molecule has 0 saturated carbocycles. The van der Waals surface area contributed by atoms with Gasteiger partial charge in [0.15, 0.2) is 0 Å². The van der Waals surface area contributed by atoms with Crippen LogP contribution >= 0.6 is 11.6 Å². The van der Waals surface area contributed by atoms with Crippen LogP contribution in [0.1, 0.15) is 38.9 Å². The maximum absolute atomic E-state index is 12.1. The number of carbonyl (C=O) groups is 2. The summed E-state index contributed by atoms with van der Waals surface area (Å²) in [5.41, 5.74) is 0.273. The molecule has 0 aromatic heterocycles. The molecule has 1 aromatic carbocycles. The van der Waals surface area contributed by atoms with Crippen LogP contribution in [0.25, 0.3) is 0 Å². The van der Waals surface area contributed by atoms with Crippen LogP contribution in [0.5, 0.6) is 0 Å². The zero-order valence-corrected chi connectivity index (χ0v) is 14.1. The zero-order valence-electron chi connectivity index (χ0n) is 13.4. The Kier molecular flexibility index (Phi) is 6.38. The van der Waals surface area contributed by atoms with Gasteiger partial charge in [0.2, 0.25) is 11.8 Å². The standard InChI is InChI=1S/C16H23ClN2O3/c1-16(2,3)18-14(21)10-19(4)15(22)9-13(20)11-5-7-12(17)8-6-11/h5-8,13,20H,9-10H2,1-4H3,(H,18,21). The van der Waals surface area contributed by atoms with E-state index in [1.807, 2.05) is 20.8 Å². The van der Waals surface area contributed by atoms with E-state index >= 15 is 0 Å². The number of likely N-dealkylation sites (N-methyl/N-ethyl adjacent to an activating group) is 1. The molecule has 1 unspecified atom stereocenters. The third-order valence-electron chi connectivity index (χ3n) is 2.94. The average molecular weight is 327 g/mol. The van der Waals surface area contributed by atoms with E-state index in [2.05, 4.69) is 5.32 Å². The lowest BCUT2D eigenvalue weighted by molar-refractivity contribution is -0.136. The van der Waals surface area contributed by atoms with Gasteiger partial charge in [-0.05, 0) is 38.5 Å². The van der Waals surface area contributed by atoms with Crippen molar-refractivity contribution in [1.29, 1.82) is 0 Å². The van der Waals surface area contributed by atoms with Crippen molar-refractivity contribution < 1.29 is 14.7 Å². The van der Waals surface area contributed by atoms with Gasteiger partial charge in [0.1, 0.15) is 0 Å². The molecule has 0 saturated heterocycles. The first kappa shape index (κ1) is 18.5. The first-order valence-electron chi connectivity index (χ1n) is 7.07. The Hall–Kier alpha value is -1.59. The summed E-state index contributed by atoms with van der Waals surface area (Å²) in [6, 6.07) is 6.66. The normalized spacial score (nSPS) is 12.6. The minimum Gasteiger partial charge on any atom is -0.388 e. The molecule has 0 heterocycles. The van der Waals surface area contributed by atoms with Crippen molar-refractivity contribution in [3.05, 3.63) is 34.9 Å². The first-order valence-corrected chi connectivity index (χ1v) is 7.45. The third-order valence-corrected chi connectivity index (χ3v) is 3.20. The van der Waals surface area contributed by atoms with E-state index in [1.54, 1.807) is 31.3 Å². The van der Waals surface area contributed by atoms with E-state index in [0.29, 0.717) is 10.6 Å². The molecule has 0 spiro atoms. The van der Waals surface area contributed by atoms with E-state index < -0.39 is 6.10 Å². The lowest BCUT2D eigenvalue weighted by atomic mass is 10.1. The van der Waals surface area contributed by atoms with Crippen molar-refractivity contribution in [3.8, 4) is 0 Å². The molecular weight excluding hydrogens is 304 g/mol. The van der Waals surface area contributed by atoms with Gasteiger partial charge in [0.05, 0.1) is 19.1 Å². The molecule has 2 N–H and O–H groups in total. The molecule has 0 aliphatic rings. The lowest BCUT2D eigenvalue weighted by Gasteiger charge is -2.24. The van der Waals surface area contributed by atoms with Crippen LogP contribution < -0.4 is 5.32 Å². The molecule has 0 aliphatic heterocycles. The SMILES string of the molecule is CN(CC(=O)NC(C)(C)C)C(=O)CC(O)c1ccc(Cl)cc1. The molecule has 0 aliphatic carbocycles. The molecule has 0 radical (unpaired) electrons.